The van der Waals surface area contributed by atoms with Crippen LogP contribution in [0.4, 0.5) is 0 Å². The first kappa shape index (κ1) is 31.9. The Morgan fingerprint density at radius 2 is 0.821 bits per heavy atom. The molecule has 262 valence electrons. The Bertz CT molecular complexity index is 3180. The average molecular weight is 717 g/mol. The highest BCUT2D eigenvalue weighted by Gasteiger charge is 2.18. The molecule has 0 fully saturated rings. The van der Waals surface area contributed by atoms with Crippen LogP contribution in [-0.2, 0) is 0 Å². The van der Waals surface area contributed by atoms with E-state index in [1.807, 2.05) is 42.5 Å². The summed E-state index contributed by atoms with van der Waals surface area (Å²) in [5.41, 5.74) is 12.4. The number of benzene rings is 8. The minimum absolute atomic E-state index is 0.587. The Kier molecular flexibility index (Phi) is 7.42. The van der Waals surface area contributed by atoms with E-state index in [2.05, 4.69) is 156 Å². The lowest BCUT2D eigenvalue weighted by molar-refractivity contribution is 0.669. The normalized spacial score (nSPS) is 11.6. The van der Waals surface area contributed by atoms with Crippen molar-refractivity contribution in [3.63, 3.8) is 0 Å². The fraction of sp³-hybridized carbons (Fsp3) is 0. The third-order valence-electron chi connectivity index (χ3n) is 10.7. The van der Waals surface area contributed by atoms with Gasteiger partial charge in [0.15, 0.2) is 17.5 Å². The third kappa shape index (κ3) is 5.37. The maximum atomic E-state index is 6.53. The summed E-state index contributed by atoms with van der Waals surface area (Å²) in [6, 6.07) is 67.5. The van der Waals surface area contributed by atoms with Gasteiger partial charge in [0.2, 0.25) is 0 Å². The van der Waals surface area contributed by atoms with Crippen molar-refractivity contribution in [1.29, 1.82) is 0 Å². The van der Waals surface area contributed by atoms with Gasteiger partial charge in [0, 0.05) is 43.8 Å². The summed E-state index contributed by atoms with van der Waals surface area (Å²) in [5.74, 6) is 1.82. The highest BCUT2D eigenvalue weighted by atomic mass is 16.3. The molecule has 0 spiro atoms. The number of furan rings is 1. The molecule has 0 aliphatic carbocycles. The topological polar surface area (TPSA) is 56.7 Å². The molecule has 0 amide bonds. The van der Waals surface area contributed by atoms with Crippen molar-refractivity contribution >= 4 is 43.7 Å². The molecule has 0 atom stereocenters. The van der Waals surface area contributed by atoms with E-state index in [9.17, 15) is 0 Å². The Morgan fingerprint density at radius 3 is 1.52 bits per heavy atom. The number of hydrogen-bond acceptors (Lipinski definition) is 4. The summed E-state index contributed by atoms with van der Waals surface area (Å²) >= 11 is 0. The zero-order chi connectivity index (χ0) is 37.0. The van der Waals surface area contributed by atoms with Gasteiger partial charge in [0.25, 0.3) is 0 Å². The maximum Gasteiger partial charge on any atom is 0.164 e. The fourth-order valence-electron chi connectivity index (χ4n) is 7.97. The standard InChI is InChI=1S/C51H32N4O/c1-3-13-33(14-4-1)34-23-25-36(26-24-34)50-52-49(35-15-5-2-6-16-35)53-51(54-50)38-27-29-42-43-31-37(28-30-47(43)56-48(42)32-38)39-17-7-10-20-44(39)55-45-21-11-8-18-40(45)41-19-9-12-22-46(41)55/h1-32H. The second-order valence-electron chi connectivity index (χ2n) is 14.0. The van der Waals surface area contributed by atoms with Crippen molar-refractivity contribution in [2.75, 3.05) is 0 Å². The number of hydrogen-bond donors (Lipinski definition) is 0. The Balaban J connectivity index is 1.01. The molecule has 0 aliphatic heterocycles. The zero-order valence-electron chi connectivity index (χ0n) is 30.2. The monoisotopic (exact) mass is 716 g/mol. The van der Waals surface area contributed by atoms with E-state index in [0.29, 0.717) is 17.5 Å². The molecular formula is C51H32N4O. The Labute approximate surface area is 322 Å². The summed E-state index contributed by atoms with van der Waals surface area (Å²) < 4.78 is 8.92. The molecule has 0 aliphatic rings. The Hall–Kier alpha value is -7.63. The zero-order valence-corrected chi connectivity index (χ0v) is 30.2. The second-order valence-corrected chi connectivity index (χ2v) is 14.0. The summed E-state index contributed by atoms with van der Waals surface area (Å²) in [6.07, 6.45) is 0. The minimum Gasteiger partial charge on any atom is -0.456 e. The minimum atomic E-state index is 0.587. The van der Waals surface area contributed by atoms with Crippen LogP contribution in [0, 0.1) is 0 Å². The predicted molar refractivity (Wildman–Crippen MR) is 229 cm³/mol. The summed E-state index contributed by atoms with van der Waals surface area (Å²) in [6.45, 7) is 0. The molecule has 0 radical (unpaired) electrons. The van der Waals surface area contributed by atoms with Crippen molar-refractivity contribution in [1.82, 2.24) is 19.5 Å². The van der Waals surface area contributed by atoms with Crippen LogP contribution in [0.15, 0.2) is 199 Å². The van der Waals surface area contributed by atoms with Crippen LogP contribution in [0.5, 0.6) is 0 Å². The maximum absolute atomic E-state index is 6.53. The lowest BCUT2D eigenvalue weighted by atomic mass is 10.0. The third-order valence-corrected chi connectivity index (χ3v) is 10.7. The quantitative estimate of drug-likeness (QED) is 0.172. The van der Waals surface area contributed by atoms with E-state index in [1.54, 1.807) is 0 Å². The first-order chi connectivity index (χ1) is 27.7. The van der Waals surface area contributed by atoms with E-state index in [1.165, 1.54) is 27.4 Å². The molecule has 3 aromatic heterocycles. The fourth-order valence-corrected chi connectivity index (χ4v) is 7.97. The van der Waals surface area contributed by atoms with Gasteiger partial charge in [0.1, 0.15) is 11.2 Å². The van der Waals surface area contributed by atoms with Gasteiger partial charge in [-0.1, -0.05) is 152 Å². The molecule has 5 nitrogen and oxygen atoms in total. The van der Waals surface area contributed by atoms with Crippen LogP contribution >= 0.6 is 0 Å². The SMILES string of the molecule is c1ccc(-c2ccc(-c3nc(-c4ccccc4)nc(-c4ccc5c(c4)oc4ccc(-c6ccccc6-n6c7ccccc7c7ccccc76)cc45)n3)cc2)cc1. The van der Waals surface area contributed by atoms with Crippen LogP contribution in [0.1, 0.15) is 0 Å². The van der Waals surface area contributed by atoms with Crippen molar-refractivity contribution in [2.24, 2.45) is 0 Å². The molecule has 0 saturated heterocycles. The van der Waals surface area contributed by atoms with Gasteiger partial charge in [-0.2, -0.15) is 0 Å². The molecule has 8 aromatic carbocycles. The highest BCUT2D eigenvalue weighted by Crippen LogP contribution is 2.39. The lowest BCUT2D eigenvalue weighted by Crippen LogP contribution is -2.00. The smallest absolute Gasteiger partial charge is 0.164 e. The van der Waals surface area contributed by atoms with Gasteiger partial charge >= 0.3 is 0 Å². The summed E-state index contributed by atoms with van der Waals surface area (Å²) in [7, 11) is 0. The number of para-hydroxylation sites is 3. The van der Waals surface area contributed by atoms with Gasteiger partial charge < -0.3 is 8.98 Å². The van der Waals surface area contributed by atoms with E-state index < -0.39 is 0 Å². The van der Waals surface area contributed by atoms with Crippen molar-refractivity contribution in [2.45, 2.75) is 0 Å². The van der Waals surface area contributed by atoms with Gasteiger partial charge in [0.05, 0.1) is 16.7 Å². The predicted octanol–water partition coefficient (Wildman–Crippen LogP) is 13.2. The molecule has 0 saturated carbocycles. The van der Waals surface area contributed by atoms with Gasteiger partial charge in [-0.3, -0.25) is 0 Å². The number of rotatable bonds is 6. The van der Waals surface area contributed by atoms with Gasteiger partial charge in [-0.05, 0) is 59.2 Å². The van der Waals surface area contributed by atoms with Crippen LogP contribution in [0.3, 0.4) is 0 Å². The van der Waals surface area contributed by atoms with E-state index in [4.69, 9.17) is 19.4 Å². The molecule has 11 aromatic rings. The second kappa shape index (κ2) is 13.0. The van der Waals surface area contributed by atoms with Crippen molar-refractivity contribution < 1.29 is 4.42 Å². The molecular weight excluding hydrogens is 685 g/mol. The molecule has 11 rings (SSSR count). The Morgan fingerprint density at radius 1 is 0.321 bits per heavy atom. The first-order valence-corrected chi connectivity index (χ1v) is 18.8. The van der Waals surface area contributed by atoms with Crippen LogP contribution < -0.4 is 0 Å². The number of aromatic nitrogens is 4. The molecule has 0 bridgehead atoms. The largest absolute Gasteiger partial charge is 0.456 e. The van der Waals surface area contributed by atoms with E-state index in [-0.39, 0.29) is 0 Å². The molecule has 3 heterocycles. The molecule has 0 N–H and O–H groups in total. The van der Waals surface area contributed by atoms with Crippen molar-refractivity contribution in [3.8, 4) is 62.1 Å². The van der Waals surface area contributed by atoms with E-state index in [0.717, 1.165) is 61.0 Å². The summed E-state index contributed by atoms with van der Waals surface area (Å²) in [4.78, 5) is 15.0. The average Bonchev–Trinajstić information content (AvgIpc) is 3.82. The van der Waals surface area contributed by atoms with Gasteiger partial charge in [-0.25, -0.2) is 15.0 Å². The van der Waals surface area contributed by atoms with Crippen molar-refractivity contribution in [3.05, 3.63) is 194 Å². The van der Waals surface area contributed by atoms with Crippen LogP contribution in [0.25, 0.3) is 106 Å². The highest BCUT2D eigenvalue weighted by molar-refractivity contribution is 6.10. The first-order valence-electron chi connectivity index (χ1n) is 18.8. The van der Waals surface area contributed by atoms with Gasteiger partial charge in [-0.15, -0.1) is 0 Å². The lowest BCUT2D eigenvalue weighted by Gasteiger charge is -2.14. The molecule has 0 unspecified atom stereocenters. The molecule has 5 heteroatoms. The number of fused-ring (bicyclic) bond motifs is 6. The van der Waals surface area contributed by atoms with Crippen LogP contribution in [0.2, 0.25) is 0 Å². The van der Waals surface area contributed by atoms with Crippen LogP contribution in [-0.4, -0.2) is 19.5 Å². The number of nitrogens with zero attached hydrogens (tertiary/aromatic N) is 4. The summed E-state index contributed by atoms with van der Waals surface area (Å²) in [5, 5.41) is 4.58. The molecule has 56 heavy (non-hydrogen) atoms. The van der Waals surface area contributed by atoms with E-state index >= 15 is 0 Å².